The smallest absolute Gasteiger partial charge is 0.414 e. The van der Waals surface area contributed by atoms with Crippen molar-refractivity contribution < 1.29 is 43.2 Å². The Labute approximate surface area is 310 Å². The first kappa shape index (κ1) is 38.1. The Bertz CT molecular complexity index is 1820. The molecule has 1 amide bonds. The minimum absolute atomic E-state index is 0.0829. The summed E-state index contributed by atoms with van der Waals surface area (Å²) in [5, 5.41) is 19.0. The third-order valence-electron chi connectivity index (χ3n) is 9.03. The SMILES string of the molecule is COc1ccc([C@H](Cc2c(Cl)c[n+]([O-])cc2Cl)OC(=O)c2ccc(CN(C(=O)O[C@H]3CN4CCC3CC4)c3cccnc3)cc2)cc1OC.O=CO. The zero-order valence-corrected chi connectivity index (χ0v) is 30.0. The van der Waals surface area contributed by atoms with Gasteiger partial charge >= 0.3 is 12.1 Å². The number of carboxylic acid groups (broad SMARTS) is 1. The summed E-state index contributed by atoms with van der Waals surface area (Å²) in [6.45, 7) is 2.80. The van der Waals surface area contributed by atoms with E-state index in [9.17, 15) is 14.8 Å². The number of anilines is 1. The maximum absolute atomic E-state index is 13.6. The van der Waals surface area contributed by atoms with E-state index in [0.29, 0.717) is 44.5 Å². The Kier molecular flexibility index (Phi) is 13.1. The van der Waals surface area contributed by atoms with Crippen LogP contribution in [0, 0.1) is 11.1 Å². The lowest BCUT2D eigenvalue weighted by atomic mass is 9.86. The molecule has 3 aliphatic heterocycles. The zero-order chi connectivity index (χ0) is 37.2. The topological polar surface area (TPSA) is 155 Å². The van der Waals surface area contributed by atoms with Gasteiger partial charge in [-0.25, -0.2) is 9.59 Å². The lowest BCUT2D eigenvalue weighted by molar-refractivity contribution is -0.605. The number of aromatic nitrogens is 2. The molecule has 7 rings (SSSR count). The summed E-state index contributed by atoms with van der Waals surface area (Å²) in [4.78, 5) is 43.6. The van der Waals surface area contributed by atoms with Crippen LogP contribution in [0.2, 0.25) is 10.0 Å². The van der Waals surface area contributed by atoms with Crippen LogP contribution in [0.4, 0.5) is 10.5 Å². The van der Waals surface area contributed by atoms with Gasteiger partial charge in [0, 0.05) is 24.7 Å². The van der Waals surface area contributed by atoms with E-state index in [1.54, 1.807) is 65.8 Å². The van der Waals surface area contributed by atoms with Crippen molar-refractivity contribution in [1.29, 1.82) is 0 Å². The van der Waals surface area contributed by atoms with Gasteiger partial charge in [0.1, 0.15) is 22.3 Å². The molecule has 5 heterocycles. The normalized spacial score (nSPS) is 17.9. The average Bonchev–Trinajstić information content (AvgIpc) is 3.15. The van der Waals surface area contributed by atoms with E-state index in [1.165, 1.54) is 26.6 Å². The number of fused-ring (bicyclic) bond motifs is 3. The summed E-state index contributed by atoms with van der Waals surface area (Å²) in [5.74, 6) is 0.718. The van der Waals surface area contributed by atoms with Gasteiger partial charge < -0.3 is 29.3 Å². The number of hydrogen-bond donors (Lipinski definition) is 1. The first-order valence-electron chi connectivity index (χ1n) is 16.4. The third-order valence-corrected chi connectivity index (χ3v) is 9.68. The fourth-order valence-corrected chi connectivity index (χ4v) is 6.93. The van der Waals surface area contributed by atoms with Crippen LogP contribution < -0.4 is 19.1 Å². The van der Waals surface area contributed by atoms with Crippen molar-refractivity contribution in [3.05, 3.63) is 117 Å². The lowest BCUT2D eigenvalue weighted by Gasteiger charge is -2.44. The van der Waals surface area contributed by atoms with Gasteiger partial charge in [-0.15, -0.1) is 0 Å². The van der Waals surface area contributed by atoms with Crippen molar-refractivity contribution in [2.75, 3.05) is 38.8 Å². The van der Waals surface area contributed by atoms with E-state index in [2.05, 4.69) is 9.88 Å². The number of halogens is 2. The number of hydrogen-bond acceptors (Lipinski definition) is 10. The molecule has 15 heteroatoms. The van der Waals surface area contributed by atoms with Gasteiger partial charge in [0.2, 0.25) is 0 Å². The van der Waals surface area contributed by atoms with Crippen LogP contribution in [0.3, 0.4) is 0 Å². The molecule has 0 radical (unpaired) electrons. The van der Waals surface area contributed by atoms with Gasteiger partial charge in [0.15, 0.2) is 23.9 Å². The molecule has 0 spiro atoms. The molecule has 0 saturated carbocycles. The van der Waals surface area contributed by atoms with Crippen molar-refractivity contribution in [2.45, 2.75) is 38.0 Å². The quantitative estimate of drug-likeness (QED) is 0.0816. The van der Waals surface area contributed by atoms with Crippen molar-refractivity contribution >= 4 is 47.4 Å². The van der Waals surface area contributed by atoms with Crippen LogP contribution in [0.5, 0.6) is 11.5 Å². The number of esters is 1. The Balaban J connectivity index is 0.00000168. The summed E-state index contributed by atoms with van der Waals surface area (Å²) in [7, 11) is 3.03. The first-order valence-corrected chi connectivity index (χ1v) is 17.2. The van der Waals surface area contributed by atoms with Crippen LogP contribution in [0.25, 0.3) is 0 Å². The van der Waals surface area contributed by atoms with E-state index < -0.39 is 18.2 Å². The second-order valence-corrected chi connectivity index (χ2v) is 13.0. The molecule has 1 N–H and O–H groups in total. The predicted molar refractivity (Wildman–Crippen MR) is 192 cm³/mol. The number of amides is 1. The maximum atomic E-state index is 13.6. The second kappa shape index (κ2) is 17.9. The van der Waals surface area contributed by atoms with Gasteiger partial charge in [0.05, 0.1) is 38.2 Å². The molecule has 52 heavy (non-hydrogen) atoms. The van der Waals surface area contributed by atoms with Gasteiger partial charge in [0.25, 0.3) is 6.47 Å². The number of benzene rings is 2. The van der Waals surface area contributed by atoms with Crippen molar-refractivity contribution in [2.24, 2.45) is 5.92 Å². The van der Waals surface area contributed by atoms with Gasteiger partial charge in [-0.1, -0.05) is 41.4 Å². The fourth-order valence-electron chi connectivity index (χ4n) is 6.33. The second-order valence-electron chi connectivity index (χ2n) is 12.2. The molecule has 2 bridgehead atoms. The van der Waals surface area contributed by atoms with Crippen LogP contribution in [-0.4, -0.2) is 73.5 Å². The summed E-state index contributed by atoms with van der Waals surface area (Å²) < 4.78 is 23.5. The largest absolute Gasteiger partial charge is 0.619 e. The molecular formula is C37H38Cl2N4O9. The van der Waals surface area contributed by atoms with E-state index in [1.807, 2.05) is 6.07 Å². The van der Waals surface area contributed by atoms with Gasteiger partial charge in [-0.2, -0.15) is 4.73 Å². The fraction of sp³-hybridized carbons (Fsp3) is 0.324. The van der Waals surface area contributed by atoms with E-state index in [4.69, 9.17) is 52.1 Å². The molecule has 2 aromatic heterocycles. The number of pyridine rings is 2. The highest BCUT2D eigenvalue weighted by molar-refractivity contribution is 6.35. The standard InChI is InChI=1S/C36H36Cl2N4O7.CH2O2/c1-46-31-10-9-26(16-33(31)47-2)32(17-28-29(37)20-41(45)21-30(28)38)48-35(43)25-7-5-23(6-8-25)19-42(27-4-3-13-39-18-27)36(44)49-34-22-40-14-11-24(34)12-15-40;2-1-3/h3-10,13,16,18,20-21,24,32,34H,11-12,14-15,17,19,22H2,1-2H3;1H,(H,2,3)/t32-,34-;/m0./s1. The molecule has 2 aromatic carbocycles. The number of ether oxygens (including phenoxy) is 4. The van der Waals surface area contributed by atoms with E-state index in [-0.39, 0.29) is 35.6 Å². The monoisotopic (exact) mass is 752 g/mol. The number of rotatable bonds is 11. The number of carbonyl (C=O) groups is 3. The highest BCUT2D eigenvalue weighted by Gasteiger charge is 2.37. The van der Waals surface area contributed by atoms with Gasteiger partial charge in [-0.05, 0) is 79.4 Å². The number of piperidine rings is 3. The maximum Gasteiger partial charge on any atom is 0.414 e. The Morgan fingerprint density at radius 3 is 2.31 bits per heavy atom. The molecular weight excluding hydrogens is 715 g/mol. The molecule has 2 atom stereocenters. The summed E-state index contributed by atoms with van der Waals surface area (Å²) in [6, 6.07) is 15.6. The van der Waals surface area contributed by atoms with Crippen molar-refractivity contribution in [3.8, 4) is 11.5 Å². The van der Waals surface area contributed by atoms with Crippen LogP contribution in [0.15, 0.2) is 79.4 Å². The minimum Gasteiger partial charge on any atom is -0.619 e. The molecule has 0 unspecified atom stereocenters. The number of carbonyl (C=O) groups excluding carboxylic acids is 2. The zero-order valence-electron chi connectivity index (χ0n) is 28.5. The number of nitrogens with zero attached hydrogens (tertiary/aromatic N) is 4. The Hall–Kier alpha value is -5.11. The summed E-state index contributed by atoms with van der Waals surface area (Å²) in [5.41, 5.74) is 2.72. The molecule has 0 aliphatic carbocycles. The highest BCUT2D eigenvalue weighted by atomic mass is 35.5. The Morgan fingerprint density at radius 1 is 1.06 bits per heavy atom. The third kappa shape index (κ3) is 9.40. The van der Waals surface area contributed by atoms with Crippen molar-refractivity contribution in [1.82, 2.24) is 9.88 Å². The Morgan fingerprint density at radius 2 is 1.73 bits per heavy atom. The van der Waals surface area contributed by atoms with Crippen LogP contribution >= 0.6 is 23.2 Å². The molecule has 3 saturated heterocycles. The average molecular weight is 754 g/mol. The molecule has 3 aliphatic rings. The minimum atomic E-state index is -0.855. The van der Waals surface area contributed by atoms with Crippen LogP contribution in [-0.2, 0) is 27.2 Å². The number of methoxy groups -OCH3 is 2. The lowest BCUT2D eigenvalue weighted by Crippen LogP contribution is -2.53. The van der Waals surface area contributed by atoms with E-state index in [0.717, 1.165) is 38.0 Å². The summed E-state index contributed by atoms with van der Waals surface area (Å²) in [6.07, 6.45) is 6.36. The predicted octanol–water partition coefficient (Wildman–Crippen LogP) is 6.12. The van der Waals surface area contributed by atoms with Gasteiger partial charge in [-0.3, -0.25) is 19.6 Å². The van der Waals surface area contributed by atoms with Crippen LogP contribution in [0.1, 0.15) is 46.0 Å². The molecule has 4 aromatic rings. The van der Waals surface area contributed by atoms with E-state index >= 15 is 0 Å². The van der Waals surface area contributed by atoms with Crippen molar-refractivity contribution in [3.63, 3.8) is 0 Å². The molecule has 13 nitrogen and oxygen atoms in total. The first-order chi connectivity index (χ1) is 25.1. The molecule has 3 fully saturated rings. The summed E-state index contributed by atoms with van der Waals surface area (Å²) >= 11 is 12.8. The highest BCUT2D eigenvalue weighted by Crippen LogP contribution is 2.36. The molecule has 274 valence electrons.